The van der Waals surface area contributed by atoms with E-state index in [0.29, 0.717) is 28.1 Å². The molecule has 218 valence electrons. The lowest BCUT2D eigenvalue weighted by Crippen LogP contribution is -2.34. The first-order valence-electron chi connectivity index (χ1n) is 13.3. The Morgan fingerprint density at radius 3 is 2.29 bits per heavy atom. The third-order valence-electron chi connectivity index (χ3n) is 7.22. The van der Waals surface area contributed by atoms with Crippen LogP contribution in [0.3, 0.4) is 0 Å². The van der Waals surface area contributed by atoms with Crippen LogP contribution in [0.25, 0.3) is 11.3 Å². The summed E-state index contributed by atoms with van der Waals surface area (Å²) in [6.45, 7) is 2.74. The number of halogens is 3. The number of aryl methyl sites for hydroxylation is 1. The number of nitrogens with zero attached hydrogens (tertiary/aromatic N) is 2. The van der Waals surface area contributed by atoms with E-state index in [4.69, 9.17) is 5.11 Å². The second kappa shape index (κ2) is 12.8. The first kappa shape index (κ1) is 30.2. The van der Waals surface area contributed by atoms with Crippen molar-refractivity contribution in [2.45, 2.75) is 45.3 Å². The van der Waals surface area contributed by atoms with Gasteiger partial charge in [0.2, 0.25) is 5.91 Å². The fourth-order valence-corrected chi connectivity index (χ4v) is 4.73. The zero-order valence-electron chi connectivity index (χ0n) is 23.1. The molecule has 0 saturated carbocycles. The average molecular weight is 578 g/mol. The Kier molecular flexibility index (Phi) is 9.25. The fourth-order valence-electron chi connectivity index (χ4n) is 4.73. The van der Waals surface area contributed by atoms with E-state index in [0.717, 1.165) is 12.5 Å². The second-order valence-electron chi connectivity index (χ2n) is 10.1. The Bertz CT molecular complexity index is 1620. The van der Waals surface area contributed by atoms with Gasteiger partial charge < -0.3 is 10.4 Å². The van der Waals surface area contributed by atoms with Crippen LogP contribution in [-0.2, 0) is 22.6 Å². The maximum Gasteiger partial charge on any atom is 0.392 e. The minimum atomic E-state index is -4.64. The molecule has 1 aromatic heterocycles. The molecule has 0 spiro atoms. The molecule has 0 saturated heterocycles. The number of carboxylic acids is 1. The molecular formula is C32H30F3N3O4. The molecule has 4 rings (SSSR count). The number of rotatable bonds is 10. The number of benzene rings is 3. The smallest absolute Gasteiger partial charge is 0.392 e. The molecule has 42 heavy (non-hydrogen) atoms. The van der Waals surface area contributed by atoms with Crippen molar-refractivity contribution in [3.63, 3.8) is 0 Å². The lowest BCUT2D eigenvalue weighted by atomic mass is 9.85. The van der Waals surface area contributed by atoms with E-state index in [1.165, 1.54) is 22.9 Å². The number of aromatic nitrogens is 2. The second-order valence-corrected chi connectivity index (χ2v) is 10.1. The molecule has 2 atom stereocenters. The van der Waals surface area contributed by atoms with Crippen molar-refractivity contribution in [1.82, 2.24) is 9.78 Å². The summed E-state index contributed by atoms with van der Waals surface area (Å²) in [6, 6.07) is 23.4. The molecule has 10 heteroatoms. The molecule has 0 radical (unpaired) electrons. The number of anilines is 1. The Labute approximate surface area is 240 Å². The van der Waals surface area contributed by atoms with E-state index >= 15 is 0 Å². The van der Waals surface area contributed by atoms with Crippen molar-refractivity contribution in [3.05, 3.63) is 118 Å². The molecule has 1 heterocycles. The van der Waals surface area contributed by atoms with Gasteiger partial charge in [0.25, 0.3) is 5.56 Å². The van der Waals surface area contributed by atoms with Gasteiger partial charge in [0.1, 0.15) is 0 Å². The molecule has 2 unspecified atom stereocenters. The van der Waals surface area contributed by atoms with Crippen LogP contribution in [-0.4, -0.2) is 32.9 Å². The number of aliphatic carboxylic acids is 1. The maximum absolute atomic E-state index is 13.9. The molecule has 0 bridgehead atoms. The first-order valence-corrected chi connectivity index (χ1v) is 13.3. The molecule has 0 fully saturated rings. The highest BCUT2D eigenvalue weighted by Gasteiger charge is 2.45. The summed E-state index contributed by atoms with van der Waals surface area (Å²) in [5, 5.41) is 16.1. The van der Waals surface area contributed by atoms with Gasteiger partial charge in [0.05, 0.1) is 24.1 Å². The zero-order valence-corrected chi connectivity index (χ0v) is 23.1. The molecular weight excluding hydrogens is 547 g/mol. The lowest BCUT2D eigenvalue weighted by molar-refractivity contribution is -0.178. The van der Waals surface area contributed by atoms with Gasteiger partial charge in [-0.2, -0.15) is 18.3 Å². The van der Waals surface area contributed by atoms with Crippen molar-refractivity contribution in [2.75, 3.05) is 5.32 Å². The van der Waals surface area contributed by atoms with Crippen LogP contribution in [0.5, 0.6) is 0 Å². The highest BCUT2D eigenvalue weighted by Crippen LogP contribution is 2.38. The summed E-state index contributed by atoms with van der Waals surface area (Å²) in [5.41, 5.74) is 3.49. The molecule has 0 aliphatic carbocycles. The monoisotopic (exact) mass is 577 g/mol. The number of hydrogen-bond donors (Lipinski definition) is 2. The largest absolute Gasteiger partial charge is 0.481 e. The zero-order chi connectivity index (χ0) is 30.4. The maximum atomic E-state index is 13.9. The summed E-state index contributed by atoms with van der Waals surface area (Å²) in [6.07, 6.45) is -4.54. The number of carboxylic acid groups (broad SMARTS) is 1. The predicted molar refractivity (Wildman–Crippen MR) is 153 cm³/mol. The van der Waals surface area contributed by atoms with Crippen LogP contribution in [0.2, 0.25) is 0 Å². The molecule has 2 N–H and O–H groups in total. The number of nitrogens with one attached hydrogen (secondary N) is 1. The van der Waals surface area contributed by atoms with Gasteiger partial charge in [-0.15, -0.1) is 0 Å². The minimum Gasteiger partial charge on any atom is -0.481 e. The van der Waals surface area contributed by atoms with Crippen molar-refractivity contribution < 1.29 is 27.9 Å². The van der Waals surface area contributed by atoms with E-state index in [9.17, 15) is 27.6 Å². The SMILES string of the molecule is Cc1c(CCC(=O)O)cccc1NC(=O)C(c1ccc(Cn2nc(-c3ccccc3)ccc2=O)cc1)C(C)C(F)(F)F. The highest BCUT2D eigenvalue weighted by atomic mass is 19.4. The van der Waals surface area contributed by atoms with Crippen molar-refractivity contribution in [3.8, 4) is 11.3 Å². The van der Waals surface area contributed by atoms with Crippen molar-refractivity contribution >= 4 is 17.6 Å². The predicted octanol–water partition coefficient (Wildman–Crippen LogP) is 6.20. The van der Waals surface area contributed by atoms with Gasteiger partial charge >= 0.3 is 12.1 Å². The lowest BCUT2D eigenvalue weighted by Gasteiger charge is -2.26. The Hall–Kier alpha value is -4.73. The average Bonchev–Trinajstić information content (AvgIpc) is 2.95. The number of alkyl halides is 3. The normalized spacial score (nSPS) is 12.9. The van der Waals surface area contributed by atoms with Gasteiger partial charge in [0, 0.05) is 23.7 Å². The van der Waals surface area contributed by atoms with Crippen LogP contribution in [0.15, 0.2) is 89.7 Å². The molecule has 1 amide bonds. The van der Waals surface area contributed by atoms with Gasteiger partial charge in [-0.25, -0.2) is 4.68 Å². The summed E-state index contributed by atoms with van der Waals surface area (Å²) < 4.78 is 43.0. The summed E-state index contributed by atoms with van der Waals surface area (Å²) in [7, 11) is 0. The Balaban J connectivity index is 1.59. The first-order chi connectivity index (χ1) is 19.9. The summed E-state index contributed by atoms with van der Waals surface area (Å²) in [5.74, 6) is -5.36. The van der Waals surface area contributed by atoms with Crippen LogP contribution in [0.1, 0.15) is 41.5 Å². The quantitative estimate of drug-likeness (QED) is 0.234. The number of carbonyl (C=O) groups excluding carboxylic acids is 1. The van der Waals surface area contributed by atoms with Gasteiger partial charge in [-0.1, -0.05) is 73.7 Å². The standard InChI is InChI=1S/C32H30F3N3O4/c1-20-23(15-18-29(40)41)9-6-10-26(20)36-31(42)30(21(2)32(33,34)35)25-13-11-22(12-14-25)19-38-28(39)17-16-27(37-38)24-7-4-3-5-8-24/h3-14,16-17,21,30H,15,18-19H2,1-2H3,(H,36,42)(H,40,41). The van der Waals surface area contributed by atoms with Crippen LogP contribution in [0, 0.1) is 12.8 Å². The van der Waals surface area contributed by atoms with Gasteiger partial charge in [0.15, 0.2) is 0 Å². The molecule has 0 aliphatic rings. The Morgan fingerprint density at radius 1 is 0.952 bits per heavy atom. The van der Waals surface area contributed by atoms with Gasteiger partial charge in [-0.05, 0) is 47.7 Å². The van der Waals surface area contributed by atoms with Crippen molar-refractivity contribution in [2.24, 2.45) is 5.92 Å². The molecule has 3 aromatic carbocycles. The number of amides is 1. The third kappa shape index (κ3) is 7.31. The van der Waals surface area contributed by atoms with Crippen LogP contribution in [0.4, 0.5) is 18.9 Å². The summed E-state index contributed by atoms with van der Waals surface area (Å²) >= 11 is 0. The molecule has 0 aliphatic heterocycles. The van der Waals surface area contributed by atoms with Crippen molar-refractivity contribution in [1.29, 1.82) is 0 Å². The molecule has 7 nitrogen and oxygen atoms in total. The van der Waals surface area contributed by atoms with E-state index in [-0.39, 0.29) is 30.5 Å². The molecule has 4 aromatic rings. The van der Waals surface area contributed by atoms with E-state index in [1.807, 2.05) is 30.3 Å². The number of carbonyl (C=O) groups is 2. The van der Waals surface area contributed by atoms with Crippen LogP contribution >= 0.6 is 0 Å². The van der Waals surface area contributed by atoms with E-state index < -0.39 is 29.9 Å². The minimum absolute atomic E-state index is 0.0911. The highest BCUT2D eigenvalue weighted by molar-refractivity contribution is 5.97. The van der Waals surface area contributed by atoms with E-state index in [2.05, 4.69) is 10.4 Å². The number of hydrogen-bond acceptors (Lipinski definition) is 4. The van der Waals surface area contributed by atoms with Crippen LogP contribution < -0.4 is 10.9 Å². The van der Waals surface area contributed by atoms with E-state index in [1.54, 1.807) is 43.3 Å². The summed E-state index contributed by atoms with van der Waals surface area (Å²) in [4.78, 5) is 36.8. The topological polar surface area (TPSA) is 101 Å². The Morgan fingerprint density at radius 2 is 1.64 bits per heavy atom. The fraction of sp³-hybridized carbons (Fsp3) is 0.250. The van der Waals surface area contributed by atoms with Gasteiger partial charge in [-0.3, -0.25) is 14.4 Å². The third-order valence-corrected chi connectivity index (χ3v) is 7.22.